The van der Waals surface area contributed by atoms with Gasteiger partial charge in [0, 0.05) is 51.1 Å². The number of nitrogens with one attached hydrogen (secondary N) is 1. The highest BCUT2D eigenvalue weighted by atomic mass is 35.5. The molecule has 1 aliphatic carbocycles. The molecule has 1 N–H and O–H groups in total. The van der Waals surface area contributed by atoms with E-state index in [-0.39, 0.29) is 0 Å². The lowest BCUT2D eigenvalue weighted by atomic mass is 10.0. The van der Waals surface area contributed by atoms with Crippen molar-refractivity contribution >= 4 is 51.4 Å². The Morgan fingerprint density at radius 1 is 0.528 bits per heavy atom. The molecule has 7 nitrogen and oxygen atoms in total. The third-order valence-corrected chi connectivity index (χ3v) is 9.50. The van der Waals surface area contributed by atoms with Crippen LogP contribution in [-0.4, -0.2) is 36.7 Å². The lowest BCUT2D eigenvalue weighted by Gasteiger charge is -2.15. The smallest absolute Gasteiger partial charge is 0.156 e. The molecule has 0 bridgehead atoms. The molecule has 0 unspecified atom stereocenters. The zero-order valence-electron chi connectivity index (χ0n) is 29.1. The van der Waals surface area contributed by atoms with E-state index in [1.54, 1.807) is 10.7 Å². The summed E-state index contributed by atoms with van der Waals surface area (Å²) in [7, 11) is 0. The molecule has 4 aromatic heterocycles. The number of aliphatic imine (C=N–C) groups is 2. The molecule has 0 atom stereocenters. The van der Waals surface area contributed by atoms with Gasteiger partial charge in [-0.1, -0.05) is 146 Å². The fraction of sp³-hybridized carbons (Fsp3) is 0.111. The number of pyridine rings is 2. The predicted octanol–water partition coefficient (Wildman–Crippen LogP) is 11.0. The Morgan fingerprint density at radius 2 is 0.943 bits per heavy atom. The molecule has 4 aromatic carbocycles. The van der Waals surface area contributed by atoms with Crippen LogP contribution in [0, 0.1) is 0 Å². The summed E-state index contributed by atoms with van der Waals surface area (Å²) in [5, 5.41) is 13.2. The third-order valence-electron chi connectivity index (χ3n) is 9.29. The number of aromatic nitrogens is 4. The molecule has 4 heterocycles. The predicted molar refractivity (Wildman–Crippen MR) is 218 cm³/mol. The molecule has 1 aliphatic rings. The molecule has 0 spiro atoms. The quantitative estimate of drug-likeness (QED) is 0.160. The van der Waals surface area contributed by atoms with Crippen LogP contribution in [0.3, 0.4) is 0 Å². The van der Waals surface area contributed by atoms with Gasteiger partial charge < -0.3 is 5.32 Å². The van der Waals surface area contributed by atoms with Gasteiger partial charge in [0.05, 0.1) is 34.9 Å². The summed E-state index contributed by atoms with van der Waals surface area (Å²) in [6.45, 7) is 0. The van der Waals surface area contributed by atoms with Gasteiger partial charge in [0.2, 0.25) is 0 Å². The summed E-state index contributed by atoms with van der Waals surface area (Å²) in [4.78, 5) is 10.0. The normalized spacial score (nSPS) is 12.6. The van der Waals surface area contributed by atoms with Gasteiger partial charge in [0.25, 0.3) is 0 Å². The summed E-state index contributed by atoms with van der Waals surface area (Å²) < 4.78 is 3.70. The first kappa shape index (κ1) is 33.8. The van der Waals surface area contributed by atoms with Crippen LogP contribution >= 0.6 is 11.6 Å². The van der Waals surface area contributed by atoms with Gasteiger partial charge in [-0.05, 0) is 37.1 Å². The van der Waals surface area contributed by atoms with E-state index >= 15 is 0 Å². The maximum Gasteiger partial charge on any atom is 0.156 e. The van der Waals surface area contributed by atoms with Gasteiger partial charge in [-0.25, -0.2) is 19.0 Å². The van der Waals surface area contributed by atoms with Crippen molar-refractivity contribution in [1.29, 1.82) is 0 Å². The van der Waals surface area contributed by atoms with Crippen molar-refractivity contribution in [1.82, 2.24) is 19.2 Å². The van der Waals surface area contributed by atoms with Gasteiger partial charge in [0.1, 0.15) is 0 Å². The third kappa shape index (κ3) is 7.96. The average Bonchev–Trinajstić information content (AvgIpc) is 4.01. The summed E-state index contributed by atoms with van der Waals surface area (Å²) in [5.41, 5.74) is 9.18. The monoisotopic (exact) mass is 711 g/mol. The standard InChI is InChI=1S/C25H24N4.C20H14ClN3/c1-3-9-19(10-4-1)25(20-11-5-2-6-12-20)28-24-18-22(27-21-13-7-8-14-21)17-23-15-16-26-29(23)24;21-17-13-18-11-12-22-24(18)19(14-17)23-20(15-7-3-1-4-8-15)16-9-5-2-6-10-16/h1-6,9-12,15-18,21,27H,7-8,13-14H2;1-14H. The van der Waals surface area contributed by atoms with Crippen molar-refractivity contribution in [3.63, 3.8) is 0 Å². The van der Waals surface area contributed by atoms with Crippen molar-refractivity contribution in [3.05, 3.63) is 197 Å². The summed E-state index contributed by atoms with van der Waals surface area (Å²) in [5.74, 6) is 1.53. The first-order chi connectivity index (χ1) is 26.2. The van der Waals surface area contributed by atoms with Crippen molar-refractivity contribution < 1.29 is 0 Å². The molecular weight excluding hydrogens is 674 g/mol. The molecule has 0 amide bonds. The number of nitrogens with zero attached hydrogens (tertiary/aromatic N) is 6. The molecule has 0 saturated heterocycles. The van der Waals surface area contributed by atoms with Crippen molar-refractivity contribution in [2.75, 3.05) is 5.32 Å². The van der Waals surface area contributed by atoms with Crippen LogP contribution in [0.25, 0.3) is 11.0 Å². The molecular formula is C45H38ClN7. The minimum absolute atomic E-state index is 0.555. The molecule has 0 aliphatic heterocycles. The van der Waals surface area contributed by atoms with Crippen LogP contribution < -0.4 is 5.32 Å². The fourth-order valence-corrected chi connectivity index (χ4v) is 6.96. The van der Waals surface area contributed by atoms with Gasteiger partial charge in [-0.15, -0.1) is 0 Å². The summed E-state index contributed by atoms with van der Waals surface area (Å²) >= 11 is 6.25. The Labute approximate surface area is 314 Å². The number of fused-ring (bicyclic) bond motifs is 2. The van der Waals surface area contributed by atoms with Crippen LogP contribution in [0.5, 0.6) is 0 Å². The SMILES string of the molecule is Clc1cc(N=C(c2ccccc2)c2ccccc2)n2nccc2c1.c1ccc(C(=Nc2cc(NC3CCCC3)cc3ccnn23)c2ccccc2)cc1. The Balaban J connectivity index is 0.000000154. The number of benzene rings is 4. The van der Waals surface area contributed by atoms with Crippen molar-refractivity contribution in [2.24, 2.45) is 9.98 Å². The summed E-state index contributed by atoms with van der Waals surface area (Å²) in [6.07, 6.45) is 8.67. The maximum absolute atomic E-state index is 6.25. The van der Waals surface area contributed by atoms with Crippen LogP contribution in [0.1, 0.15) is 47.9 Å². The second-order valence-corrected chi connectivity index (χ2v) is 13.4. The van der Waals surface area contributed by atoms with Crippen LogP contribution in [0.4, 0.5) is 17.3 Å². The molecule has 8 aromatic rings. The second kappa shape index (κ2) is 15.9. The van der Waals surface area contributed by atoms with Crippen molar-refractivity contribution in [2.45, 2.75) is 31.7 Å². The van der Waals surface area contributed by atoms with E-state index in [1.807, 2.05) is 83.5 Å². The average molecular weight is 712 g/mol. The Bertz CT molecular complexity index is 2400. The number of hydrogen-bond donors (Lipinski definition) is 1. The fourth-order valence-electron chi connectivity index (χ4n) is 6.75. The van der Waals surface area contributed by atoms with E-state index in [0.29, 0.717) is 16.9 Å². The zero-order valence-corrected chi connectivity index (χ0v) is 29.9. The van der Waals surface area contributed by atoms with Crippen LogP contribution in [0.2, 0.25) is 5.02 Å². The van der Waals surface area contributed by atoms with E-state index < -0.39 is 0 Å². The van der Waals surface area contributed by atoms with E-state index in [1.165, 1.54) is 25.7 Å². The second-order valence-electron chi connectivity index (χ2n) is 13.0. The van der Waals surface area contributed by atoms with E-state index in [2.05, 4.69) is 100 Å². The molecule has 9 rings (SSSR count). The van der Waals surface area contributed by atoms with E-state index in [4.69, 9.17) is 21.6 Å². The lowest BCUT2D eigenvalue weighted by molar-refractivity contribution is 0.755. The number of rotatable bonds is 8. The number of halogens is 1. The Morgan fingerprint density at radius 3 is 1.40 bits per heavy atom. The van der Waals surface area contributed by atoms with Crippen LogP contribution in [0.15, 0.2) is 180 Å². The van der Waals surface area contributed by atoms with Gasteiger partial charge in [-0.2, -0.15) is 10.2 Å². The maximum atomic E-state index is 6.25. The highest BCUT2D eigenvalue weighted by molar-refractivity contribution is 6.31. The Kier molecular flexibility index (Phi) is 10.2. The zero-order chi connectivity index (χ0) is 35.8. The molecule has 53 heavy (non-hydrogen) atoms. The Hall–Kier alpha value is -6.31. The van der Waals surface area contributed by atoms with Crippen LogP contribution in [-0.2, 0) is 0 Å². The first-order valence-corrected chi connectivity index (χ1v) is 18.3. The lowest BCUT2D eigenvalue weighted by Crippen LogP contribution is -2.14. The topological polar surface area (TPSA) is 71.3 Å². The summed E-state index contributed by atoms with van der Waals surface area (Å²) in [6, 6.07) is 53.4. The van der Waals surface area contributed by atoms with E-state index in [9.17, 15) is 0 Å². The highest BCUT2D eigenvalue weighted by Crippen LogP contribution is 2.28. The number of anilines is 1. The van der Waals surface area contributed by atoms with Crippen molar-refractivity contribution in [3.8, 4) is 0 Å². The van der Waals surface area contributed by atoms with Gasteiger partial charge in [-0.3, -0.25) is 0 Å². The highest BCUT2D eigenvalue weighted by Gasteiger charge is 2.16. The minimum Gasteiger partial charge on any atom is -0.382 e. The van der Waals surface area contributed by atoms with Gasteiger partial charge in [0.15, 0.2) is 11.6 Å². The largest absolute Gasteiger partial charge is 0.382 e. The molecule has 1 saturated carbocycles. The molecule has 8 heteroatoms. The minimum atomic E-state index is 0.555. The molecule has 1 fully saturated rings. The number of hydrogen-bond acceptors (Lipinski definition) is 5. The molecule has 0 radical (unpaired) electrons. The van der Waals surface area contributed by atoms with E-state index in [0.717, 1.165) is 56.2 Å². The molecule has 260 valence electrons. The van der Waals surface area contributed by atoms with Gasteiger partial charge >= 0.3 is 0 Å². The first-order valence-electron chi connectivity index (χ1n) is 17.9.